The van der Waals surface area contributed by atoms with Crippen LogP contribution in [0.5, 0.6) is 0 Å². The van der Waals surface area contributed by atoms with Crippen molar-refractivity contribution in [1.82, 2.24) is 14.9 Å². The van der Waals surface area contributed by atoms with E-state index in [-0.39, 0.29) is 11.7 Å². The normalized spacial score (nSPS) is 23.7. The minimum atomic E-state index is -1.72. The number of amides is 1. The summed E-state index contributed by atoms with van der Waals surface area (Å²) in [5, 5.41) is 16.5. The number of carbonyl (C=O) groups excluding carboxylic acids is 1. The molecule has 0 saturated carbocycles. The van der Waals surface area contributed by atoms with E-state index in [0.29, 0.717) is 23.1 Å². The molecule has 4 rings (SSSR count). The van der Waals surface area contributed by atoms with E-state index in [1.807, 2.05) is 12.1 Å². The van der Waals surface area contributed by atoms with Crippen LogP contribution in [0.3, 0.4) is 0 Å². The highest BCUT2D eigenvalue weighted by atomic mass is 16.7. The molecule has 10 nitrogen and oxygen atoms in total. The van der Waals surface area contributed by atoms with Crippen LogP contribution in [0.2, 0.25) is 0 Å². The van der Waals surface area contributed by atoms with Crippen molar-refractivity contribution in [3.8, 4) is 0 Å². The average molecular weight is 441 g/mol. The fourth-order valence-corrected chi connectivity index (χ4v) is 4.52. The maximum Gasteiger partial charge on any atom is 0.350 e. The molecule has 4 N–H and O–H groups in total. The van der Waals surface area contributed by atoms with Crippen LogP contribution in [0.25, 0.3) is 11.0 Å². The molecule has 2 unspecified atom stereocenters. The number of benzene rings is 1. The molecular formula is C22H27N5O5. The first-order valence-corrected chi connectivity index (χ1v) is 10.7. The molecule has 2 atom stereocenters. The maximum absolute atomic E-state index is 13.6. The van der Waals surface area contributed by atoms with Gasteiger partial charge in [0.2, 0.25) is 5.60 Å². The lowest BCUT2D eigenvalue weighted by atomic mass is 9.84. The Morgan fingerprint density at radius 2 is 1.91 bits per heavy atom. The third-order valence-electron chi connectivity index (χ3n) is 6.19. The molecule has 3 heterocycles. The number of carboxylic acid groups (broad SMARTS) is 1. The summed E-state index contributed by atoms with van der Waals surface area (Å²) in [5.41, 5.74) is 3.71. The van der Waals surface area contributed by atoms with Gasteiger partial charge in [-0.15, -0.1) is 0 Å². The average Bonchev–Trinajstić information content (AvgIpc) is 2.73. The fraction of sp³-hybridized carbons (Fsp3) is 0.500. The smallest absolute Gasteiger partial charge is 0.350 e. The van der Waals surface area contributed by atoms with Crippen LogP contribution in [0, 0.1) is 0 Å². The highest BCUT2D eigenvalue weighted by Gasteiger charge is 2.35. The van der Waals surface area contributed by atoms with Crippen molar-refractivity contribution in [2.24, 2.45) is 10.9 Å². The topological polar surface area (TPSA) is 149 Å². The van der Waals surface area contributed by atoms with Crippen molar-refractivity contribution in [1.29, 1.82) is 0 Å². The number of aliphatic carboxylic acids is 1. The third-order valence-corrected chi connectivity index (χ3v) is 6.19. The molecule has 0 spiro atoms. The van der Waals surface area contributed by atoms with Crippen molar-refractivity contribution < 1.29 is 19.5 Å². The number of rotatable bonds is 6. The van der Waals surface area contributed by atoms with Crippen LogP contribution in [-0.2, 0) is 14.4 Å². The number of nitrogens with one attached hydrogen (secondary N) is 1. The van der Waals surface area contributed by atoms with Crippen LogP contribution in [0.1, 0.15) is 57.7 Å². The lowest BCUT2D eigenvalue weighted by Gasteiger charge is -2.41. The summed E-state index contributed by atoms with van der Waals surface area (Å²) in [4.78, 5) is 46.6. The largest absolute Gasteiger partial charge is 0.478 e. The summed E-state index contributed by atoms with van der Waals surface area (Å²) in [6.45, 7) is 2.55. The molecule has 10 heteroatoms. The number of carbonyl (C=O) groups is 2. The third kappa shape index (κ3) is 4.10. The highest BCUT2D eigenvalue weighted by molar-refractivity contribution is 6.44. The molecule has 170 valence electrons. The Kier molecular flexibility index (Phi) is 5.72. The molecule has 1 aromatic heterocycles. The van der Waals surface area contributed by atoms with Crippen molar-refractivity contribution in [3.05, 3.63) is 40.3 Å². The first kappa shape index (κ1) is 21.9. The number of hydrogen-bond donors (Lipinski definition) is 3. The van der Waals surface area contributed by atoms with Gasteiger partial charge in [-0.25, -0.2) is 9.78 Å². The number of nitrogens with zero attached hydrogens (tertiary/aromatic N) is 3. The molecular weight excluding hydrogens is 414 g/mol. The summed E-state index contributed by atoms with van der Waals surface area (Å²) in [5.74, 6) is -2.31. The van der Waals surface area contributed by atoms with Crippen LogP contribution >= 0.6 is 0 Å². The van der Waals surface area contributed by atoms with Crippen molar-refractivity contribution >= 4 is 28.6 Å². The molecule has 1 amide bonds. The molecule has 0 aliphatic carbocycles. The molecule has 2 aliphatic rings. The minimum absolute atomic E-state index is 0.0730. The number of aromatic nitrogens is 2. The van der Waals surface area contributed by atoms with Crippen molar-refractivity contribution in [3.63, 3.8) is 0 Å². The van der Waals surface area contributed by atoms with Gasteiger partial charge in [-0.2, -0.15) is 0 Å². The van der Waals surface area contributed by atoms with Gasteiger partial charge in [0.25, 0.3) is 11.5 Å². The van der Waals surface area contributed by atoms with Crippen molar-refractivity contribution in [2.75, 3.05) is 0 Å². The first-order chi connectivity index (χ1) is 15.2. The molecule has 2 fully saturated rings. The Bertz CT molecular complexity index is 1140. The number of hydrogen-bond acceptors (Lipinski definition) is 7. The van der Waals surface area contributed by atoms with Gasteiger partial charge in [-0.05, 0) is 51.7 Å². The number of carboxylic acids is 1. The van der Waals surface area contributed by atoms with Gasteiger partial charge in [0.05, 0.1) is 11.0 Å². The van der Waals surface area contributed by atoms with Gasteiger partial charge in [0.1, 0.15) is 0 Å². The summed E-state index contributed by atoms with van der Waals surface area (Å²) in [6.07, 6.45) is 4.86. The Hall–Kier alpha value is -3.27. The number of fused-ring (bicyclic) bond motifs is 3. The molecule has 0 radical (unpaired) electrons. The quantitative estimate of drug-likeness (QED) is 0.452. The second-order valence-corrected chi connectivity index (χ2v) is 8.95. The zero-order valence-corrected chi connectivity index (χ0v) is 18.1. The summed E-state index contributed by atoms with van der Waals surface area (Å²) < 4.78 is 1.69. The minimum Gasteiger partial charge on any atom is -0.478 e. The second-order valence-electron chi connectivity index (χ2n) is 8.95. The summed E-state index contributed by atoms with van der Waals surface area (Å²) >= 11 is 0. The van der Waals surface area contributed by atoms with E-state index >= 15 is 0 Å². The summed E-state index contributed by atoms with van der Waals surface area (Å²) in [6, 6.07) is 7.79. The Morgan fingerprint density at radius 3 is 2.53 bits per heavy atom. The van der Waals surface area contributed by atoms with E-state index in [1.54, 1.807) is 16.7 Å². The van der Waals surface area contributed by atoms with Crippen LogP contribution in [0.4, 0.5) is 0 Å². The lowest BCUT2D eigenvalue weighted by Crippen LogP contribution is -2.50. The van der Waals surface area contributed by atoms with Gasteiger partial charge >= 0.3 is 5.97 Å². The van der Waals surface area contributed by atoms with E-state index in [9.17, 15) is 19.5 Å². The highest BCUT2D eigenvalue weighted by Crippen LogP contribution is 2.33. The number of nitrogens with two attached hydrogens (primary N) is 1. The van der Waals surface area contributed by atoms with Crippen LogP contribution in [0.15, 0.2) is 34.2 Å². The van der Waals surface area contributed by atoms with E-state index < -0.39 is 28.7 Å². The molecule has 2 aliphatic heterocycles. The molecule has 32 heavy (non-hydrogen) atoms. The zero-order chi connectivity index (χ0) is 23.0. The van der Waals surface area contributed by atoms with E-state index in [1.165, 1.54) is 20.3 Å². The van der Waals surface area contributed by atoms with E-state index in [0.717, 1.165) is 25.7 Å². The fourth-order valence-electron chi connectivity index (χ4n) is 4.52. The SMILES string of the molecule is CC(C)(O/N=C(\C(N)=O)c1nc2ccccc2n(C2CC3CCCC(C2)N3)c1=O)C(=O)O. The molecule has 2 saturated heterocycles. The number of piperidine rings is 2. The number of primary amides is 1. The van der Waals surface area contributed by atoms with Gasteiger partial charge in [0, 0.05) is 18.1 Å². The Balaban J connectivity index is 1.85. The number of para-hydroxylation sites is 2. The monoisotopic (exact) mass is 441 g/mol. The predicted octanol–water partition coefficient (Wildman–Crippen LogP) is 1.31. The zero-order valence-electron chi connectivity index (χ0n) is 18.1. The summed E-state index contributed by atoms with van der Waals surface area (Å²) in [7, 11) is 0. The van der Waals surface area contributed by atoms with E-state index in [2.05, 4.69) is 15.5 Å². The van der Waals surface area contributed by atoms with Gasteiger partial charge in [-0.3, -0.25) is 9.59 Å². The first-order valence-electron chi connectivity index (χ1n) is 10.7. The van der Waals surface area contributed by atoms with Crippen LogP contribution < -0.4 is 16.6 Å². The van der Waals surface area contributed by atoms with Crippen LogP contribution in [-0.4, -0.2) is 49.9 Å². The van der Waals surface area contributed by atoms with Crippen molar-refractivity contribution in [2.45, 2.75) is 69.7 Å². The van der Waals surface area contributed by atoms with E-state index in [4.69, 9.17) is 10.6 Å². The maximum atomic E-state index is 13.6. The van der Waals surface area contributed by atoms with Gasteiger partial charge in [-0.1, -0.05) is 23.7 Å². The molecule has 1 aromatic carbocycles. The Morgan fingerprint density at radius 1 is 1.25 bits per heavy atom. The second kappa shape index (κ2) is 8.34. The van der Waals surface area contributed by atoms with Gasteiger partial charge < -0.3 is 25.6 Å². The number of oxime groups is 1. The Labute approximate surface area is 184 Å². The van der Waals surface area contributed by atoms with Gasteiger partial charge in [0.15, 0.2) is 11.4 Å². The molecule has 2 bridgehead atoms. The lowest BCUT2D eigenvalue weighted by molar-refractivity contribution is -0.161. The predicted molar refractivity (Wildman–Crippen MR) is 117 cm³/mol. The molecule has 2 aromatic rings. The standard InChI is InChI=1S/C22H27N5O5/c1-22(2,21(30)31)32-26-17(19(23)28)18-20(29)27(16-9-4-3-8-15(16)25-18)14-10-12-6-5-7-13(11-14)24-12/h3-4,8-9,12-14,24H,5-7,10-11H2,1-2H3,(H2,23,28)(H,30,31)/b26-17-.